The largest absolute Gasteiger partial charge is 0.461 e. The maximum Gasteiger partial charge on any atom is 0.338 e. The summed E-state index contributed by atoms with van der Waals surface area (Å²) in [5, 5.41) is 28.3. The molecule has 0 fully saturated rings. The molecule has 0 aliphatic carbocycles. The zero-order valence-corrected chi connectivity index (χ0v) is 16.5. The van der Waals surface area contributed by atoms with Crippen LogP contribution in [0.1, 0.15) is 67.2 Å². The van der Waals surface area contributed by atoms with Gasteiger partial charge in [-0.3, -0.25) is 4.79 Å². The van der Waals surface area contributed by atoms with Gasteiger partial charge >= 0.3 is 5.97 Å². The van der Waals surface area contributed by atoms with E-state index in [2.05, 4.69) is 0 Å². The number of hydrogen-bond acceptors (Lipinski definition) is 6. The van der Waals surface area contributed by atoms with E-state index in [1.165, 1.54) is 6.07 Å². The summed E-state index contributed by atoms with van der Waals surface area (Å²) in [4.78, 5) is 24.7. The highest BCUT2D eigenvalue weighted by atomic mass is 16.5. The Morgan fingerprint density at radius 1 is 1.00 bits per heavy atom. The van der Waals surface area contributed by atoms with Gasteiger partial charge in [0.2, 0.25) is 0 Å². The van der Waals surface area contributed by atoms with E-state index < -0.39 is 11.4 Å². The number of carbonyl (C=O) groups excluding carboxylic acids is 2. The molecular weight excluding hydrogens is 348 g/mol. The highest BCUT2D eigenvalue weighted by molar-refractivity contribution is 5.99. The number of aliphatic hydroxyl groups is 3. The fraction of sp³-hybridized carbons (Fsp3) is 0.619. The Bertz CT molecular complexity index is 609. The van der Waals surface area contributed by atoms with Crippen molar-refractivity contribution in [1.82, 2.24) is 0 Å². The van der Waals surface area contributed by atoms with Crippen molar-refractivity contribution in [2.45, 2.75) is 46.5 Å². The van der Waals surface area contributed by atoms with Crippen LogP contribution in [-0.2, 0) is 4.74 Å². The second kappa shape index (κ2) is 10.5. The van der Waals surface area contributed by atoms with Crippen LogP contribution < -0.4 is 0 Å². The van der Waals surface area contributed by atoms with E-state index in [4.69, 9.17) is 4.74 Å². The molecule has 1 aromatic carbocycles. The number of rotatable bonds is 12. The van der Waals surface area contributed by atoms with Crippen molar-refractivity contribution in [3.8, 4) is 0 Å². The Morgan fingerprint density at radius 3 is 2.15 bits per heavy atom. The Hall–Kier alpha value is -1.76. The van der Waals surface area contributed by atoms with Gasteiger partial charge in [-0.25, -0.2) is 4.79 Å². The minimum absolute atomic E-state index is 0.0258. The van der Waals surface area contributed by atoms with Crippen molar-refractivity contribution in [2.75, 3.05) is 26.4 Å². The van der Waals surface area contributed by atoms with Crippen molar-refractivity contribution in [3.63, 3.8) is 0 Å². The molecule has 6 nitrogen and oxygen atoms in total. The van der Waals surface area contributed by atoms with E-state index in [-0.39, 0.29) is 49.6 Å². The Labute approximate surface area is 161 Å². The fourth-order valence-corrected chi connectivity index (χ4v) is 2.52. The number of esters is 1. The highest BCUT2D eigenvalue weighted by Gasteiger charge is 2.29. The van der Waals surface area contributed by atoms with Gasteiger partial charge in [0.15, 0.2) is 5.78 Å². The first-order chi connectivity index (χ1) is 12.8. The molecule has 0 bridgehead atoms. The number of Topliss-reactive ketones (excluding diaryl/α,β-unsaturated/α-hetero) is 1. The molecule has 0 amide bonds. The molecule has 1 atom stereocenters. The molecule has 1 unspecified atom stereocenters. The van der Waals surface area contributed by atoms with Crippen molar-refractivity contribution in [3.05, 3.63) is 35.4 Å². The summed E-state index contributed by atoms with van der Waals surface area (Å²) in [6.07, 6.45) is 2.10. The van der Waals surface area contributed by atoms with Crippen LogP contribution in [0.2, 0.25) is 0 Å². The zero-order valence-electron chi connectivity index (χ0n) is 16.5. The minimum atomic E-state index is -0.863. The Morgan fingerprint density at radius 2 is 1.63 bits per heavy atom. The molecule has 0 aromatic heterocycles. The van der Waals surface area contributed by atoms with E-state index >= 15 is 0 Å². The lowest BCUT2D eigenvalue weighted by Gasteiger charge is -2.27. The third-order valence-electron chi connectivity index (χ3n) is 5.54. The van der Waals surface area contributed by atoms with Crippen LogP contribution in [0, 0.1) is 10.8 Å². The summed E-state index contributed by atoms with van der Waals surface area (Å²) < 4.78 is 5.25. The van der Waals surface area contributed by atoms with E-state index in [1.54, 1.807) is 25.1 Å². The molecule has 3 N–H and O–H groups in total. The molecule has 27 heavy (non-hydrogen) atoms. The maximum absolute atomic E-state index is 12.5. The van der Waals surface area contributed by atoms with Crippen LogP contribution in [0.15, 0.2) is 24.3 Å². The molecule has 1 rings (SSSR count). The van der Waals surface area contributed by atoms with Gasteiger partial charge in [0, 0.05) is 18.6 Å². The van der Waals surface area contributed by atoms with Gasteiger partial charge < -0.3 is 20.1 Å². The number of aliphatic hydroxyl groups excluding tert-OH is 3. The van der Waals surface area contributed by atoms with Gasteiger partial charge in [-0.1, -0.05) is 32.9 Å². The second-order valence-corrected chi connectivity index (χ2v) is 7.57. The molecular formula is C21H32O6. The van der Waals surface area contributed by atoms with Crippen LogP contribution in [0.4, 0.5) is 0 Å². The standard InChI is InChI=1S/C21H32O6/c1-4-20(3,12-22)10-9-18(25)16-7-6-8-17(11-16)19(26)27-15-21(5-2,13-23)14-24/h6-8,11,22-24H,4-5,9-10,12-15H2,1-3H3. The Balaban J connectivity index is 2.77. The Kier molecular flexibility index (Phi) is 9.09. The molecule has 0 saturated heterocycles. The van der Waals surface area contributed by atoms with Gasteiger partial charge in [0.1, 0.15) is 6.61 Å². The van der Waals surface area contributed by atoms with Gasteiger partial charge in [-0.15, -0.1) is 0 Å². The van der Waals surface area contributed by atoms with Crippen LogP contribution >= 0.6 is 0 Å². The van der Waals surface area contributed by atoms with Gasteiger partial charge in [-0.05, 0) is 36.8 Å². The highest BCUT2D eigenvalue weighted by Crippen LogP contribution is 2.27. The summed E-state index contributed by atoms with van der Waals surface area (Å²) in [5.41, 5.74) is -0.475. The lowest BCUT2D eigenvalue weighted by Crippen LogP contribution is -2.35. The van der Waals surface area contributed by atoms with E-state index in [0.29, 0.717) is 18.4 Å². The molecule has 1 aromatic rings. The number of ketones is 1. The molecule has 0 saturated carbocycles. The molecule has 152 valence electrons. The van der Waals surface area contributed by atoms with Crippen molar-refractivity contribution >= 4 is 11.8 Å². The van der Waals surface area contributed by atoms with Crippen molar-refractivity contribution in [1.29, 1.82) is 0 Å². The first-order valence-corrected chi connectivity index (χ1v) is 9.41. The summed E-state index contributed by atoms with van der Waals surface area (Å²) in [5.74, 6) is -0.690. The summed E-state index contributed by atoms with van der Waals surface area (Å²) in [7, 11) is 0. The molecule has 0 aliphatic heterocycles. The minimum Gasteiger partial charge on any atom is -0.461 e. The average molecular weight is 380 g/mol. The number of benzene rings is 1. The first kappa shape index (κ1) is 23.3. The zero-order chi connectivity index (χ0) is 20.5. The van der Waals surface area contributed by atoms with Crippen LogP contribution in [0.25, 0.3) is 0 Å². The maximum atomic E-state index is 12.5. The predicted octanol–water partition coefficient (Wildman–Crippen LogP) is 2.60. The fourth-order valence-electron chi connectivity index (χ4n) is 2.52. The van der Waals surface area contributed by atoms with Crippen LogP contribution in [0.3, 0.4) is 0 Å². The third-order valence-corrected chi connectivity index (χ3v) is 5.54. The first-order valence-electron chi connectivity index (χ1n) is 9.41. The van der Waals surface area contributed by atoms with Crippen LogP contribution in [0.5, 0.6) is 0 Å². The van der Waals surface area contributed by atoms with Gasteiger partial charge in [0.05, 0.1) is 24.2 Å². The molecule has 6 heteroatoms. The smallest absolute Gasteiger partial charge is 0.338 e. The lowest BCUT2D eigenvalue weighted by atomic mass is 9.82. The molecule has 0 spiro atoms. The van der Waals surface area contributed by atoms with E-state index in [0.717, 1.165) is 6.42 Å². The van der Waals surface area contributed by atoms with E-state index in [9.17, 15) is 24.9 Å². The lowest BCUT2D eigenvalue weighted by molar-refractivity contribution is -0.0176. The number of hydrogen-bond donors (Lipinski definition) is 3. The van der Waals surface area contributed by atoms with E-state index in [1.807, 2.05) is 13.8 Å². The summed E-state index contributed by atoms with van der Waals surface area (Å²) in [6.45, 7) is 5.08. The normalized spacial score (nSPS) is 13.9. The average Bonchev–Trinajstić information content (AvgIpc) is 2.73. The second-order valence-electron chi connectivity index (χ2n) is 7.57. The topological polar surface area (TPSA) is 104 Å². The summed E-state index contributed by atoms with van der Waals surface area (Å²) >= 11 is 0. The number of carbonyl (C=O) groups is 2. The third kappa shape index (κ3) is 6.41. The van der Waals surface area contributed by atoms with Crippen molar-refractivity contribution in [2.24, 2.45) is 10.8 Å². The molecule has 0 heterocycles. The summed E-state index contributed by atoms with van der Waals surface area (Å²) in [6, 6.07) is 6.34. The van der Waals surface area contributed by atoms with Crippen LogP contribution in [-0.4, -0.2) is 53.5 Å². The SMILES string of the molecule is CCC(C)(CO)CCC(=O)c1cccc(C(=O)OCC(CC)(CO)CO)c1. The monoisotopic (exact) mass is 380 g/mol. The quantitative estimate of drug-likeness (QED) is 0.380. The number of ether oxygens (including phenoxy) is 1. The molecule has 0 radical (unpaired) electrons. The van der Waals surface area contributed by atoms with Gasteiger partial charge in [-0.2, -0.15) is 0 Å². The molecule has 0 aliphatic rings. The predicted molar refractivity (Wildman–Crippen MR) is 103 cm³/mol. The van der Waals surface area contributed by atoms with Gasteiger partial charge in [0.25, 0.3) is 0 Å². The van der Waals surface area contributed by atoms with Crippen molar-refractivity contribution < 1.29 is 29.6 Å².